The lowest BCUT2D eigenvalue weighted by Crippen LogP contribution is -2.46. The van der Waals surface area contributed by atoms with Gasteiger partial charge in [0.05, 0.1) is 12.3 Å². The number of anilines is 1. The predicted octanol–water partition coefficient (Wildman–Crippen LogP) is 2.00. The van der Waals surface area contributed by atoms with Crippen LogP contribution in [0, 0.1) is 0 Å². The lowest BCUT2D eigenvalue weighted by molar-refractivity contribution is -0.132. The number of benzene rings is 1. The number of ether oxygens (including phenoxy) is 1. The van der Waals surface area contributed by atoms with Crippen LogP contribution in [0.15, 0.2) is 35.7 Å². The van der Waals surface area contributed by atoms with Crippen molar-refractivity contribution in [2.45, 2.75) is 12.5 Å². The van der Waals surface area contributed by atoms with Crippen molar-refractivity contribution in [1.29, 1.82) is 0 Å². The fraction of sp³-hybridized carbons (Fsp3) is 0.375. The molecular weight excluding hydrogens is 298 g/mol. The van der Waals surface area contributed by atoms with E-state index in [1.54, 1.807) is 0 Å². The summed E-state index contributed by atoms with van der Waals surface area (Å²) >= 11 is 1.45. The Morgan fingerprint density at radius 1 is 1.45 bits per heavy atom. The van der Waals surface area contributed by atoms with Gasteiger partial charge >= 0.3 is 0 Å². The molecule has 2 heterocycles. The van der Waals surface area contributed by atoms with Gasteiger partial charge in [0, 0.05) is 24.9 Å². The van der Waals surface area contributed by atoms with Crippen molar-refractivity contribution in [2.24, 2.45) is 0 Å². The molecule has 22 heavy (non-hydrogen) atoms. The molecule has 5 nitrogen and oxygen atoms in total. The number of hydrogen-bond donors (Lipinski definition) is 1. The van der Waals surface area contributed by atoms with Crippen molar-refractivity contribution in [3.8, 4) is 0 Å². The molecule has 6 heteroatoms. The van der Waals surface area contributed by atoms with Crippen molar-refractivity contribution in [2.75, 3.05) is 32.1 Å². The van der Waals surface area contributed by atoms with E-state index in [2.05, 4.69) is 27.3 Å². The van der Waals surface area contributed by atoms with Crippen LogP contribution in [0.5, 0.6) is 0 Å². The second-order valence-corrected chi connectivity index (χ2v) is 6.28. The van der Waals surface area contributed by atoms with Crippen molar-refractivity contribution < 1.29 is 9.53 Å². The van der Waals surface area contributed by atoms with E-state index in [9.17, 15) is 4.79 Å². The average molecular weight is 317 g/mol. The number of morpholine rings is 1. The average Bonchev–Trinajstić information content (AvgIpc) is 2.95. The first-order chi connectivity index (χ1) is 10.7. The molecule has 1 atom stereocenters. The van der Waals surface area contributed by atoms with Crippen molar-refractivity contribution in [3.05, 3.63) is 47.0 Å². The van der Waals surface area contributed by atoms with E-state index in [0.29, 0.717) is 18.3 Å². The third-order valence-electron chi connectivity index (χ3n) is 3.57. The topological polar surface area (TPSA) is 54.5 Å². The molecule has 1 aromatic carbocycles. The highest BCUT2D eigenvalue weighted by atomic mass is 32.1. The summed E-state index contributed by atoms with van der Waals surface area (Å²) in [5.41, 5.74) is 2.18. The van der Waals surface area contributed by atoms with Gasteiger partial charge in [0.2, 0.25) is 0 Å². The molecular formula is C16H19N3O2S. The minimum atomic E-state index is -0.416. The van der Waals surface area contributed by atoms with Gasteiger partial charge in [-0.1, -0.05) is 30.3 Å². The number of nitrogens with zero attached hydrogens (tertiary/aromatic N) is 2. The quantitative estimate of drug-likeness (QED) is 0.937. The maximum Gasteiger partial charge on any atom is 0.256 e. The molecule has 1 aliphatic rings. The summed E-state index contributed by atoms with van der Waals surface area (Å²) in [5.74, 6) is -0.118. The molecule has 1 N–H and O–H groups in total. The number of likely N-dealkylation sites (N-methyl/N-ethyl adjacent to an activating group) is 1. The van der Waals surface area contributed by atoms with Crippen LogP contribution >= 0.6 is 11.3 Å². The van der Waals surface area contributed by atoms with Gasteiger partial charge in [-0.2, -0.15) is 0 Å². The van der Waals surface area contributed by atoms with Gasteiger partial charge < -0.3 is 9.64 Å². The molecule has 1 aromatic heterocycles. The van der Waals surface area contributed by atoms with Crippen molar-refractivity contribution in [1.82, 2.24) is 9.88 Å². The van der Waals surface area contributed by atoms with E-state index in [1.807, 2.05) is 30.6 Å². The third kappa shape index (κ3) is 3.91. The molecule has 0 saturated carbocycles. The smallest absolute Gasteiger partial charge is 0.256 e. The lowest BCUT2D eigenvalue weighted by atomic mass is 10.1. The van der Waals surface area contributed by atoms with Crippen LogP contribution in [0.1, 0.15) is 11.3 Å². The van der Waals surface area contributed by atoms with Gasteiger partial charge in [-0.25, -0.2) is 4.98 Å². The Hall–Kier alpha value is -1.76. The Balaban J connectivity index is 1.58. The zero-order valence-corrected chi connectivity index (χ0v) is 13.3. The first-order valence-corrected chi connectivity index (χ1v) is 8.18. The van der Waals surface area contributed by atoms with Gasteiger partial charge in [-0.05, 0) is 12.6 Å². The molecule has 0 unspecified atom stereocenters. The van der Waals surface area contributed by atoms with Gasteiger partial charge in [0.1, 0.15) is 6.10 Å². The van der Waals surface area contributed by atoms with E-state index in [4.69, 9.17) is 4.74 Å². The highest BCUT2D eigenvalue weighted by Crippen LogP contribution is 2.19. The summed E-state index contributed by atoms with van der Waals surface area (Å²) < 4.78 is 5.51. The van der Waals surface area contributed by atoms with E-state index in [-0.39, 0.29) is 5.91 Å². The molecule has 1 aliphatic heterocycles. The van der Waals surface area contributed by atoms with E-state index >= 15 is 0 Å². The van der Waals surface area contributed by atoms with Crippen LogP contribution in [-0.2, 0) is 16.0 Å². The number of nitrogens with one attached hydrogen (secondary N) is 1. The highest BCUT2D eigenvalue weighted by Gasteiger charge is 2.25. The highest BCUT2D eigenvalue weighted by molar-refractivity contribution is 7.13. The number of aromatic nitrogens is 1. The van der Waals surface area contributed by atoms with Crippen molar-refractivity contribution in [3.63, 3.8) is 0 Å². The fourth-order valence-electron chi connectivity index (χ4n) is 2.37. The van der Waals surface area contributed by atoms with E-state index < -0.39 is 6.10 Å². The monoisotopic (exact) mass is 317 g/mol. The standard InChI is InChI=1S/C16H19N3O2S/c1-19-7-8-21-14(10-19)15(20)18-16-17-13(11-22-16)9-12-5-3-2-4-6-12/h2-6,11,14H,7-10H2,1H3,(H,17,18,20)/t14-/m0/s1. The number of thiazole rings is 1. The summed E-state index contributed by atoms with van der Waals surface area (Å²) in [6, 6.07) is 10.2. The fourth-order valence-corrected chi connectivity index (χ4v) is 3.09. The van der Waals surface area contributed by atoms with Crippen LogP contribution in [0.25, 0.3) is 0 Å². The molecule has 3 rings (SSSR count). The molecule has 1 fully saturated rings. The number of amides is 1. The zero-order chi connectivity index (χ0) is 15.4. The minimum absolute atomic E-state index is 0.118. The summed E-state index contributed by atoms with van der Waals surface area (Å²) in [4.78, 5) is 18.8. The van der Waals surface area contributed by atoms with Gasteiger partial charge in [0.25, 0.3) is 5.91 Å². The molecule has 1 amide bonds. The summed E-state index contributed by atoms with van der Waals surface area (Å²) in [6.07, 6.45) is 0.357. The third-order valence-corrected chi connectivity index (χ3v) is 4.38. The molecule has 1 saturated heterocycles. The largest absolute Gasteiger partial charge is 0.366 e. The normalized spacial score (nSPS) is 19.0. The second kappa shape index (κ2) is 7.00. The Kier molecular flexibility index (Phi) is 4.82. The van der Waals surface area contributed by atoms with E-state index in [1.165, 1.54) is 16.9 Å². The Morgan fingerprint density at radius 3 is 3.05 bits per heavy atom. The Bertz CT molecular complexity index is 629. The summed E-state index contributed by atoms with van der Waals surface area (Å²) in [5, 5.41) is 5.47. The minimum Gasteiger partial charge on any atom is -0.366 e. The molecule has 0 bridgehead atoms. The van der Waals surface area contributed by atoms with Crippen molar-refractivity contribution >= 4 is 22.4 Å². The first-order valence-electron chi connectivity index (χ1n) is 7.30. The number of rotatable bonds is 4. The number of carbonyl (C=O) groups excluding carboxylic acids is 1. The Morgan fingerprint density at radius 2 is 2.27 bits per heavy atom. The van der Waals surface area contributed by atoms with Gasteiger partial charge in [0.15, 0.2) is 5.13 Å². The van der Waals surface area contributed by atoms with Crippen LogP contribution in [0.4, 0.5) is 5.13 Å². The zero-order valence-electron chi connectivity index (χ0n) is 12.5. The first kappa shape index (κ1) is 15.1. The van der Waals surface area contributed by atoms with E-state index in [0.717, 1.165) is 18.7 Å². The molecule has 0 spiro atoms. The van der Waals surface area contributed by atoms with Crippen LogP contribution in [-0.4, -0.2) is 48.6 Å². The predicted molar refractivity (Wildman–Crippen MR) is 87.2 cm³/mol. The van der Waals surface area contributed by atoms with Gasteiger partial charge in [-0.3, -0.25) is 10.1 Å². The van der Waals surface area contributed by atoms with Crippen LogP contribution < -0.4 is 5.32 Å². The molecule has 2 aromatic rings. The molecule has 0 aliphatic carbocycles. The molecule has 116 valence electrons. The maximum absolute atomic E-state index is 12.2. The number of carbonyl (C=O) groups is 1. The maximum atomic E-state index is 12.2. The summed E-state index contributed by atoms with van der Waals surface area (Å²) in [6.45, 7) is 2.07. The molecule has 0 radical (unpaired) electrons. The SMILES string of the molecule is CN1CCO[C@H](C(=O)Nc2nc(Cc3ccccc3)cs2)C1. The lowest BCUT2D eigenvalue weighted by Gasteiger charge is -2.28. The number of hydrogen-bond acceptors (Lipinski definition) is 5. The van der Waals surface area contributed by atoms with Crippen LogP contribution in [0.3, 0.4) is 0 Å². The van der Waals surface area contributed by atoms with Crippen LogP contribution in [0.2, 0.25) is 0 Å². The second-order valence-electron chi connectivity index (χ2n) is 5.42. The van der Waals surface area contributed by atoms with Gasteiger partial charge in [-0.15, -0.1) is 11.3 Å². The Labute approximate surface area is 133 Å². The summed E-state index contributed by atoms with van der Waals surface area (Å²) in [7, 11) is 1.99.